The van der Waals surface area contributed by atoms with E-state index < -0.39 is 0 Å². The number of rotatable bonds is 5. The first-order valence-electron chi connectivity index (χ1n) is 8.71. The zero-order valence-corrected chi connectivity index (χ0v) is 14.5. The second-order valence-electron chi connectivity index (χ2n) is 6.09. The Balaban J connectivity index is 2.02. The van der Waals surface area contributed by atoms with Crippen LogP contribution in [0.1, 0.15) is 13.8 Å². The molecule has 25 heavy (non-hydrogen) atoms. The molecule has 0 saturated carbocycles. The molecule has 6 nitrogen and oxygen atoms in total. The van der Waals surface area contributed by atoms with E-state index >= 15 is 0 Å². The van der Waals surface area contributed by atoms with Gasteiger partial charge in [0.2, 0.25) is 5.78 Å². The summed E-state index contributed by atoms with van der Waals surface area (Å²) in [7, 11) is 0. The van der Waals surface area contributed by atoms with Crippen molar-refractivity contribution in [3.8, 4) is 0 Å². The highest BCUT2D eigenvalue weighted by Gasteiger charge is 2.16. The molecule has 0 N–H and O–H groups in total. The van der Waals surface area contributed by atoms with E-state index in [1.807, 2.05) is 16.5 Å². The van der Waals surface area contributed by atoms with Crippen molar-refractivity contribution >= 4 is 27.8 Å². The van der Waals surface area contributed by atoms with Gasteiger partial charge in [0, 0.05) is 19.3 Å². The monoisotopic (exact) mass is 335 g/mol. The van der Waals surface area contributed by atoms with E-state index in [0.29, 0.717) is 16.8 Å². The van der Waals surface area contributed by atoms with Crippen LogP contribution in [0.2, 0.25) is 0 Å². The Bertz CT molecular complexity index is 1110. The number of benzene rings is 1. The van der Waals surface area contributed by atoms with Gasteiger partial charge in [0.1, 0.15) is 0 Å². The molecule has 0 saturated heterocycles. The van der Waals surface area contributed by atoms with Gasteiger partial charge in [0.25, 0.3) is 5.56 Å². The molecular weight excluding hydrogens is 314 g/mol. The number of hydrogen-bond donors (Lipinski definition) is 0. The first-order valence-corrected chi connectivity index (χ1v) is 8.71. The van der Waals surface area contributed by atoms with Crippen LogP contribution in [0.15, 0.2) is 47.4 Å². The number of fused-ring (bicyclic) bond motifs is 5. The Morgan fingerprint density at radius 2 is 1.80 bits per heavy atom. The number of hydrogen-bond acceptors (Lipinski definition) is 4. The van der Waals surface area contributed by atoms with Crippen LogP contribution >= 0.6 is 0 Å². The van der Waals surface area contributed by atoms with Crippen LogP contribution in [0.5, 0.6) is 0 Å². The van der Waals surface area contributed by atoms with Gasteiger partial charge in [-0.3, -0.25) is 9.20 Å². The highest BCUT2D eigenvalue weighted by atomic mass is 16.1. The molecule has 0 aliphatic rings. The first kappa shape index (κ1) is 15.8. The second kappa shape index (κ2) is 6.29. The predicted octanol–water partition coefficient (Wildman–Crippen LogP) is 2.54. The summed E-state index contributed by atoms with van der Waals surface area (Å²) in [5, 5.41) is 0.548. The van der Waals surface area contributed by atoms with Gasteiger partial charge in [-0.2, -0.15) is 4.98 Å². The zero-order valence-electron chi connectivity index (χ0n) is 14.5. The zero-order chi connectivity index (χ0) is 17.4. The summed E-state index contributed by atoms with van der Waals surface area (Å²) in [6.07, 6.45) is 1.72. The lowest BCUT2D eigenvalue weighted by molar-refractivity contribution is 0.293. The Morgan fingerprint density at radius 1 is 1.04 bits per heavy atom. The van der Waals surface area contributed by atoms with Gasteiger partial charge in [-0.05, 0) is 37.4 Å². The molecule has 3 aromatic heterocycles. The molecule has 4 aromatic rings. The average molecular weight is 335 g/mol. The minimum atomic E-state index is -0.227. The second-order valence-corrected chi connectivity index (χ2v) is 6.09. The fourth-order valence-electron chi connectivity index (χ4n) is 3.43. The van der Waals surface area contributed by atoms with Crippen molar-refractivity contribution in [1.29, 1.82) is 0 Å². The van der Waals surface area contributed by atoms with E-state index in [-0.39, 0.29) is 5.56 Å². The van der Waals surface area contributed by atoms with Crippen molar-refractivity contribution in [3.05, 3.63) is 52.9 Å². The van der Waals surface area contributed by atoms with E-state index in [9.17, 15) is 4.79 Å². The van der Waals surface area contributed by atoms with Gasteiger partial charge >= 0.3 is 0 Å². The fourth-order valence-corrected chi connectivity index (χ4v) is 3.43. The van der Waals surface area contributed by atoms with Crippen molar-refractivity contribution in [3.63, 3.8) is 0 Å². The van der Waals surface area contributed by atoms with Crippen LogP contribution in [0.4, 0.5) is 0 Å². The largest absolute Gasteiger partial charge is 0.308 e. The van der Waals surface area contributed by atoms with E-state index in [1.54, 1.807) is 18.3 Å². The lowest BCUT2D eigenvalue weighted by Gasteiger charge is -2.18. The van der Waals surface area contributed by atoms with Crippen LogP contribution in [-0.4, -0.2) is 43.5 Å². The van der Waals surface area contributed by atoms with Gasteiger partial charge < -0.3 is 9.47 Å². The SMILES string of the molecule is CCN(CC)CCn1c2ccccc2n2c3ncccc3c(=O)nc12. The van der Waals surface area contributed by atoms with E-state index in [0.717, 1.165) is 37.2 Å². The molecule has 0 spiro atoms. The number of likely N-dealkylation sites (N-methyl/N-ethyl adjacent to an activating group) is 1. The molecule has 1 aromatic carbocycles. The fraction of sp³-hybridized carbons (Fsp3) is 0.316. The van der Waals surface area contributed by atoms with E-state index in [1.165, 1.54) is 0 Å². The van der Waals surface area contributed by atoms with Crippen LogP contribution in [-0.2, 0) is 6.54 Å². The molecule has 3 heterocycles. The standard InChI is InChI=1S/C19H21N5O/c1-3-22(4-2)12-13-23-15-9-5-6-10-16(15)24-17-14(8-7-11-20-17)18(25)21-19(23)24/h5-11H,3-4,12-13H2,1-2H3. The van der Waals surface area contributed by atoms with Crippen LogP contribution < -0.4 is 5.56 Å². The number of imidazole rings is 1. The highest BCUT2D eigenvalue weighted by Crippen LogP contribution is 2.22. The van der Waals surface area contributed by atoms with Gasteiger partial charge in [0.15, 0.2) is 5.65 Å². The molecule has 0 aliphatic heterocycles. The van der Waals surface area contributed by atoms with Gasteiger partial charge in [-0.1, -0.05) is 26.0 Å². The molecule has 6 heteroatoms. The summed E-state index contributed by atoms with van der Waals surface area (Å²) in [5.41, 5.74) is 2.53. The molecule has 0 radical (unpaired) electrons. The van der Waals surface area contributed by atoms with Crippen molar-refractivity contribution < 1.29 is 0 Å². The smallest absolute Gasteiger partial charge is 0.284 e. The average Bonchev–Trinajstić information content (AvgIpc) is 2.96. The van der Waals surface area contributed by atoms with Crippen molar-refractivity contribution in [1.82, 2.24) is 23.8 Å². The minimum absolute atomic E-state index is 0.227. The lowest BCUT2D eigenvalue weighted by atomic mass is 10.3. The van der Waals surface area contributed by atoms with Crippen molar-refractivity contribution in [2.24, 2.45) is 0 Å². The minimum Gasteiger partial charge on any atom is -0.308 e. The summed E-state index contributed by atoms with van der Waals surface area (Å²) in [6.45, 7) is 8.03. The third kappa shape index (κ3) is 2.49. The third-order valence-electron chi connectivity index (χ3n) is 4.82. The quantitative estimate of drug-likeness (QED) is 0.562. The maximum Gasteiger partial charge on any atom is 0.284 e. The number of nitrogens with zero attached hydrogens (tertiary/aromatic N) is 5. The topological polar surface area (TPSA) is 55.4 Å². The molecule has 4 rings (SSSR count). The molecule has 0 unspecified atom stereocenters. The number of aromatic nitrogens is 4. The summed E-state index contributed by atoms with van der Waals surface area (Å²) in [6, 6.07) is 11.7. The molecule has 0 atom stereocenters. The van der Waals surface area contributed by atoms with Crippen LogP contribution in [0.3, 0.4) is 0 Å². The predicted molar refractivity (Wildman–Crippen MR) is 100 cm³/mol. The Hall–Kier alpha value is -2.73. The summed E-state index contributed by atoms with van der Waals surface area (Å²) in [4.78, 5) is 23.7. The van der Waals surface area contributed by atoms with Crippen molar-refractivity contribution in [2.75, 3.05) is 19.6 Å². The maximum absolute atomic E-state index is 12.5. The summed E-state index contributed by atoms with van der Waals surface area (Å²) in [5.74, 6) is 0.657. The Labute approximate surface area is 145 Å². The number of para-hydroxylation sites is 2. The molecule has 0 aliphatic carbocycles. The third-order valence-corrected chi connectivity index (χ3v) is 4.82. The molecule has 0 amide bonds. The summed E-state index contributed by atoms with van der Waals surface area (Å²) >= 11 is 0. The first-order chi connectivity index (χ1) is 12.2. The van der Waals surface area contributed by atoms with Crippen molar-refractivity contribution in [2.45, 2.75) is 20.4 Å². The highest BCUT2D eigenvalue weighted by molar-refractivity contribution is 5.87. The Kier molecular flexibility index (Phi) is 3.97. The van der Waals surface area contributed by atoms with Gasteiger partial charge in [0.05, 0.1) is 16.4 Å². The summed E-state index contributed by atoms with van der Waals surface area (Å²) < 4.78 is 4.12. The number of pyridine rings is 1. The lowest BCUT2D eigenvalue weighted by Crippen LogP contribution is -2.27. The molecular formula is C19H21N5O. The normalized spacial score (nSPS) is 12.0. The van der Waals surface area contributed by atoms with E-state index in [2.05, 4.69) is 45.4 Å². The van der Waals surface area contributed by atoms with Gasteiger partial charge in [-0.25, -0.2) is 4.98 Å². The van der Waals surface area contributed by atoms with E-state index in [4.69, 9.17) is 0 Å². The van der Waals surface area contributed by atoms with Gasteiger partial charge in [-0.15, -0.1) is 0 Å². The molecule has 0 bridgehead atoms. The van der Waals surface area contributed by atoms with Crippen LogP contribution in [0, 0.1) is 0 Å². The van der Waals surface area contributed by atoms with Crippen LogP contribution in [0.25, 0.3) is 27.8 Å². The molecule has 128 valence electrons. The molecule has 0 fully saturated rings. The maximum atomic E-state index is 12.5. The Morgan fingerprint density at radius 3 is 2.56 bits per heavy atom.